The summed E-state index contributed by atoms with van der Waals surface area (Å²) in [7, 11) is 0. The fourth-order valence-electron chi connectivity index (χ4n) is 3.16. The maximum atomic E-state index is 12.6. The van der Waals surface area contributed by atoms with Crippen molar-refractivity contribution in [2.24, 2.45) is 0 Å². The van der Waals surface area contributed by atoms with Crippen molar-refractivity contribution in [3.8, 4) is 5.75 Å². The number of phenols is 1. The van der Waals surface area contributed by atoms with Crippen molar-refractivity contribution in [2.75, 3.05) is 36.4 Å². The number of rotatable bonds is 4. The van der Waals surface area contributed by atoms with E-state index in [0.29, 0.717) is 0 Å². The van der Waals surface area contributed by atoms with Gasteiger partial charge in [-0.25, -0.2) is 0 Å². The van der Waals surface area contributed by atoms with Crippen LogP contribution in [0.15, 0.2) is 46.9 Å². The van der Waals surface area contributed by atoms with Gasteiger partial charge < -0.3 is 15.3 Å². The van der Waals surface area contributed by atoms with Gasteiger partial charge in [-0.05, 0) is 71.7 Å². The Bertz CT molecular complexity index is 771. The van der Waals surface area contributed by atoms with Crippen LogP contribution in [-0.4, -0.2) is 48.1 Å². The molecule has 2 aromatic rings. The molecule has 1 amide bonds. The summed E-state index contributed by atoms with van der Waals surface area (Å²) < 4.78 is 0.898. The standard InChI is InChI=1S/C20H24BrN3O2/c1-14-3-8-19(18(21)13-14)22-20(26)15(2)23-9-11-24(12-10-23)16-4-6-17(25)7-5-16/h3-8,13,15,25H,9-12H2,1-2H3,(H,22,26)/t15-/m0/s1. The Kier molecular flexibility index (Phi) is 5.84. The highest BCUT2D eigenvalue weighted by atomic mass is 79.9. The number of halogens is 1. The number of nitrogens with one attached hydrogen (secondary N) is 1. The van der Waals surface area contributed by atoms with Crippen LogP contribution in [0.2, 0.25) is 0 Å². The highest BCUT2D eigenvalue weighted by Crippen LogP contribution is 2.24. The summed E-state index contributed by atoms with van der Waals surface area (Å²) in [6.07, 6.45) is 0. The van der Waals surface area contributed by atoms with E-state index in [2.05, 4.69) is 31.0 Å². The Morgan fingerprint density at radius 3 is 2.38 bits per heavy atom. The summed E-state index contributed by atoms with van der Waals surface area (Å²) in [5, 5.41) is 12.4. The van der Waals surface area contributed by atoms with Crippen molar-refractivity contribution in [1.29, 1.82) is 0 Å². The molecule has 0 aromatic heterocycles. The van der Waals surface area contributed by atoms with Gasteiger partial charge in [-0.1, -0.05) is 6.07 Å². The van der Waals surface area contributed by atoms with Gasteiger partial charge in [0.25, 0.3) is 0 Å². The third-order valence-electron chi connectivity index (χ3n) is 4.84. The molecule has 0 radical (unpaired) electrons. The van der Waals surface area contributed by atoms with Crippen molar-refractivity contribution >= 4 is 33.2 Å². The lowest BCUT2D eigenvalue weighted by molar-refractivity contribution is -0.120. The molecule has 26 heavy (non-hydrogen) atoms. The molecule has 3 rings (SSSR count). The van der Waals surface area contributed by atoms with Crippen LogP contribution in [0.1, 0.15) is 12.5 Å². The van der Waals surface area contributed by atoms with Crippen LogP contribution >= 0.6 is 15.9 Å². The molecule has 2 N–H and O–H groups in total. The first kappa shape index (κ1) is 18.7. The molecule has 1 atom stereocenters. The Labute approximate surface area is 162 Å². The van der Waals surface area contributed by atoms with E-state index in [9.17, 15) is 9.90 Å². The second-order valence-corrected chi connectivity index (χ2v) is 7.54. The first-order chi connectivity index (χ1) is 12.4. The van der Waals surface area contributed by atoms with Crippen molar-refractivity contribution < 1.29 is 9.90 Å². The highest BCUT2D eigenvalue weighted by Gasteiger charge is 2.26. The van der Waals surface area contributed by atoms with Gasteiger partial charge in [0.1, 0.15) is 5.75 Å². The number of piperazine rings is 1. The Morgan fingerprint density at radius 1 is 1.12 bits per heavy atom. The molecule has 6 heteroatoms. The smallest absolute Gasteiger partial charge is 0.241 e. The van der Waals surface area contributed by atoms with E-state index >= 15 is 0 Å². The molecular formula is C20H24BrN3O2. The third kappa shape index (κ3) is 4.37. The number of benzene rings is 2. The van der Waals surface area contributed by atoms with E-state index < -0.39 is 0 Å². The molecule has 0 unspecified atom stereocenters. The zero-order valence-electron chi connectivity index (χ0n) is 15.1. The lowest BCUT2D eigenvalue weighted by Crippen LogP contribution is -2.52. The predicted octanol–water partition coefficient (Wildman–Crippen LogP) is 3.61. The van der Waals surface area contributed by atoms with Crippen LogP contribution in [0.3, 0.4) is 0 Å². The van der Waals surface area contributed by atoms with Crippen LogP contribution in [0.4, 0.5) is 11.4 Å². The minimum atomic E-state index is -0.190. The highest BCUT2D eigenvalue weighted by molar-refractivity contribution is 9.10. The molecule has 1 saturated heterocycles. The Morgan fingerprint density at radius 2 is 1.77 bits per heavy atom. The quantitative estimate of drug-likeness (QED) is 0.797. The van der Waals surface area contributed by atoms with Gasteiger partial charge in [-0.2, -0.15) is 0 Å². The van der Waals surface area contributed by atoms with Crippen molar-refractivity contribution in [2.45, 2.75) is 19.9 Å². The van der Waals surface area contributed by atoms with Gasteiger partial charge >= 0.3 is 0 Å². The summed E-state index contributed by atoms with van der Waals surface area (Å²) in [4.78, 5) is 17.1. The molecule has 1 aliphatic rings. The van der Waals surface area contributed by atoms with Gasteiger partial charge in [0.05, 0.1) is 11.7 Å². The fraction of sp³-hybridized carbons (Fsp3) is 0.350. The molecule has 0 aliphatic carbocycles. The number of hydrogen-bond donors (Lipinski definition) is 2. The van der Waals surface area contributed by atoms with E-state index in [4.69, 9.17) is 0 Å². The van der Waals surface area contributed by atoms with E-state index in [1.54, 1.807) is 12.1 Å². The molecule has 1 heterocycles. The number of carbonyl (C=O) groups is 1. The van der Waals surface area contributed by atoms with Crippen LogP contribution < -0.4 is 10.2 Å². The average molecular weight is 418 g/mol. The van der Waals surface area contributed by atoms with Crippen molar-refractivity contribution in [3.63, 3.8) is 0 Å². The van der Waals surface area contributed by atoms with Gasteiger partial charge in [0.15, 0.2) is 0 Å². The SMILES string of the molecule is Cc1ccc(NC(=O)[C@H](C)N2CCN(c3ccc(O)cc3)CC2)c(Br)c1. The van der Waals surface area contributed by atoms with Gasteiger partial charge in [0, 0.05) is 36.3 Å². The van der Waals surface area contributed by atoms with E-state index in [0.717, 1.165) is 47.6 Å². The number of nitrogens with zero attached hydrogens (tertiary/aromatic N) is 2. The third-order valence-corrected chi connectivity index (χ3v) is 5.49. The lowest BCUT2D eigenvalue weighted by Gasteiger charge is -2.38. The van der Waals surface area contributed by atoms with Crippen LogP contribution in [0.5, 0.6) is 5.75 Å². The zero-order valence-corrected chi connectivity index (χ0v) is 16.7. The normalized spacial score (nSPS) is 16.3. The number of carbonyl (C=O) groups excluding carboxylic acids is 1. The molecule has 0 spiro atoms. The molecule has 1 aliphatic heterocycles. The van der Waals surface area contributed by atoms with E-state index in [1.807, 2.05) is 44.2 Å². The number of aryl methyl sites for hydroxylation is 1. The molecule has 5 nitrogen and oxygen atoms in total. The van der Waals surface area contributed by atoms with Crippen molar-refractivity contribution in [3.05, 3.63) is 52.5 Å². The van der Waals surface area contributed by atoms with Crippen LogP contribution in [0, 0.1) is 6.92 Å². The first-order valence-corrected chi connectivity index (χ1v) is 9.58. The number of amides is 1. The Hall–Kier alpha value is -2.05. The molecular weight excluding hydrogens is 394 g/mol. The summed E-state index contributed by atoms with van der Waals surface area (Å²) in [5.74, 6) is 0.285. The number of anilines is 2. The molecule has 138 valence electrons. The molecule has 0 saturated carbocycles. The first-order valence-electron chi connectivity index (χ1n) is 8.79. The second-order valence-electron chi connectivity index (χ2n) is 6.69. The van der Waals surface area contributed by atoms with E-state index in [-0.39, 0.29) is 17.7 Å². The monoisotopic (exact) mass is 417 g/mol. The van der Waals surface area contributed by atoms with Crippen LogP contribution in [-0.2, 0) is 4.79 Å². The zero-order chi connectivity index (χ0) is 18.7. The van der Waals surface area contributed by atoms with Gasteiger partial charge in [0.2, 0.25) is 5.91 Å². The maximum Gasteiger partial charge on any atom is 0.241 e. The summed E-state index contributed by atoms with van der Waals surface area (Å²) in [6.45, 7) is 7.34. The Balaban J connectivity index is 1.56. The van der Waals surface area contributed by atoms with Crippen molar-refractivity contribution in [1.82, 2.24) is 4.90 Å². The fourth-order valence-corrected chi connectivity index (χ4v) is 3.75. The molecule has 0 bridgehead atoms. The maximum absolute atomic E-state index is 12.6. The number of aromatic hydroxyl groups is 1. The number of phenolic OH excluding ortho intramolecular Hbond substituents is 1. The minimum Gasteiger partial charge on any atom is -0.508 e. The molecule has 2 aromatic carbocycles. The number of hydrogen-bond acceptors (Lipinski definition) is 4. The van der Waals surface area contributed by atoms with Gasteiger partial charge in [-0.15, -0.1) is 0 Å². The predicted molar refractivity (Wildman–Crippen MR) is 109 cm³/mol. The van der Waals surface area contributed by atoms with E-state index in [1.165, 1.54) is 0 Å². The minimum absolute atomic E-state index is 0.00707. The molecule has 1 fully saturated rings. The van der Waals surface area contributed by atoms with Crippen LogP contribution in [0.25, 0.3) is 0 Å². The average Bonchev–Trinajstić information content (AvgIpc) is 2.64. The second kappa shape index (κ2) is 8.10. The lowest BCUT2D eigenvalue weighted by atomic mass is 10.2. The van der Waals surface area contributed by atoms with Gasteiger partial charge in [-0.3, -0.25) is 9.69 Å². The largest absolute Gasteiger partial charge is 0.508 e. The summed E-state index contributed by atoms with van der Waals surface area (Å²) in [5.41, 5.74) is 3.05. The summed E-state index contributed by atoms with van der Waals surface area (Å²) >= 11 is 3.51. The summed E-state index contributed by atoms with van der Waals surface area (Å²) in [6, 6.07) is 13.0. The topological polar surface area (TPSA) is 55.8 Å².